The van der Waals surface area contributed by atoms with Crippen molar-refractivity contribution in [2.24, 2.45) is 5.92 Å². The average molecular weight is 468 g/mol. The van der Waals surface area contributed by atoms with E-state index in [-0.39, 0.29) is 17.8 Å². The summed E-state index contributed by atoms with van der Waals surface area (Å²) in [5.41, 5.74) is -0.328. The van der Waals surface area contributed by atoms with Crippen molar-refractivity contribution >= 4 is 35.6 Å². The Bertz CT molecular complexity index is 817. The Morgan fingerprint density at radius 2 is 1.62 bits per heavy atom. The quantitative estimate of drug-likeness (QED) is 0.452. The van der Waals surface area contributed by atoms with E-state index in [2.05, 4.69) is 5.32 Å². The number of nitrogens with one attached hydrogen (secondary N) is 1. The van der Waals surface area contributed by atoms with Crippen molar-refractivity contribution in [3.63, 3.8) is 0 Å². The summed E-state index contributed by atoms with van der Waals surface area (Å²) in [6.45, 7) is 6.21. The summed E-state index contributed by atoms with van der Waals surface area (Å²) < 4.78 is 21.7. The fraction of sp³-hybridized carbons (Fsp3) is 0.545. The lowest BCUT2D eigenvalue weighted by Gasteiger charge is -2.43. The Labute approximate surface area is 191 Å². The Morgan fingerprint density at radius 1 is 1.03 bits per heavy atom. The zero-order valence-corrected chi connectivity index (χ0v) is 19.5. The van der Waals surface area contributed by atoms with Crippen molar-refractivity contribution in [1.82, 2.24) is 5.32 Å². The summed E-state index contributed by atoms with van der Waals surface area (Å²) in [4.78, 5) is 48.2. The molecule has 1 aromatic carbocycles. The van der Waals surface area contributed by atoms with Crippen LogP contribution >= 0.6 is 11.8 Å². The van der Waals surface area contributed by atoms with Gasteiger partial charge in [-0.05, 0) is 19.1 Å². The van der Waals surface area contributed by atoms with Gasteiger partial charge in [0.2, 0.25) is 0 Å². The van der Waals surface area contributed by atoms with Gasteiger partial charge in [0, 0.05) is 31.1 Å². The van der Waals surface area contributed by atoms with E-state index in [1.54, 1.807) is 30.3 Å². The van der Waals surface area contributed by atoms with Crippen molar-refractivity contribution in [2.75, 3.05) is 12.9 Å². The van der Waals surface area contributed by atoms with Gasteiger partial charge in [0.15, 0.2) is 6.10 Å². The fourth-order valence-corrected chi connectivity index (χ4v) is 4.54. The first kappa shape index (κ1) is 25.7. The molecule has 0 unspecified atom stereocenters. The molecule has 0 spiro atoms. The molecule has 6 atom stereocenters. The molecule has 1 N–H and O–H groups in total. The van der Waals surface area contributed by atoms with E-state index in [4.69, 9.17) is 18.9 Å². The molecule has 0 bridgehead atoms. The van der Waals surface area contributed by atoms with Crippen molar-refractivity contribution in [3.8, 4) is 0 Å². The number of hydrogen-bond donors (Lipinski definition) is 1. The number of benzene rings is 1. The highest BCUT2D eigenvalue weighted by Gasteiger charge is 2.47. The summed E-state index contributed by atoms with van der Waals surface area (Å²) in [6.07, 6.45) is -1.90. The van der Waals surface area contributed by atoms with Gasteiger partial charge < -0.3 is 24.3 Å². The maximum atomic E-state index is 12.5. The van der Waals surface area contributed by atoms with Crippen LogP contribution in [0.15, 0.2) is 30.3 Å². The number of carbonyl (C=O) groups excluding carboxylic acids is 4. The van der Waals surface area contributed by atoms with Crippen LogP contribution < -0.4 is 5.32 Å². The molecule has 2 rings (SSSR count). The van der Waals surface area contributed by atoms with Crippen LogP contribution in [-0.2, 0) is 33.3 Å². The number of amides is 1. The molecule has 1 fully saturated rings. The summed E-state index contributed by atoms with van der Waals surface area (Å²) in [7, 11) is 1.23. The molecular weight excluding hydrogens is 438 g/mol. The molecule has 1 aliphatic rings. The lowest BCUT2D eigenvalue weighted by molar-refractivity contribution is -0.204. The molecule has 0 radical (unpaired) electrons. The molecule has 0 aliphatic carbocycles. The van der Waals surface area contributed by atoms with Gasteiger partial charge in [-0.25, -0.2) is 4.79 Å². The third-order valence-corrected chi connectivity index (χ3v) is 6.29. The molecule has 1 amide bonds. The predicted octanol–water partition coefficient (Wildman–Crippen LogP) is 1.94. The first-order chi connectivity index (χ1) is 15.1. The summed E-state index contributed by atoms with van der Waals surface area (Å²) >= 11 is 1.17. The lowest BCUT2D eigenvalue weighted by atomic mass is 9.92. The minimum absolute atomic E-state index is 0.0849. The van der Waals surface area contributed by atoms with Crippen molar-refractivity contribution in [2.45, 2.75) is 57.5 Å². The van der Waals surface area contributed by atoms with E-state index in [9.17, 15) is 19.2 Å². The van der Waals surface area contributed by atoms with Gasteiger partial charge in [-0.15, -0.1) is 11.8 Å². The number of rotatable bonds is 8. The molecule has 0 saturated carbocycles. The molecule has 9 nitrogen and oxygen atoms in total. The molecule has 1 heterocycles. The van der Waals surface area contributed by atoms with Crippen molar-refractivity contribution in [1.29, 1.82) is 0 Å². The predicted molar refractivity (Wildman–Crippen MR) is 117 cm³/mol. The fourth-order valence-electron chi connectivity index (χ4n) is 3.28. The van der Waals surface area contributed by atoms with Gasteiger partial charge in [-0.1, -0.05) is 25.1 Å². The SMILES string of the molecule is COC(=O)[C@H](CS[C@@H]1O[C@@H](C)[C@H](C)[C@@H](OC(C)=O)[C@H]1OC(C)=O)NC(=O)c1ccccc1. The van der Waals surface area contributed by atoms with Gasteiger partial charge in [-0.2, -0.15) is 0 Å². The number of ether oxygens (including phenoxy) is 4. The first-order valence-corrected chi connectivity index (χ1v) is 11.2. The Balaban J connectivity index is 2.17. The molecule has 1 saturated heterocycles. The maximum absolute atomic E-state index is 12.5. The van der Waals surface area contributed by atoms with Crippen molar-refractivity contribution < 1.29 is 38.1 Å². The topological polar surface area (TPSA) is 117 Å². The molecular formula is C22H29NO8S. The normalized spacial score (nSPS) is 25.8. The highest BCUT2D eigenvalue weighted by Crippen LogP contribution is 2.35. The van der Waals surface area contributed by atoms with Gasteiger partial charge in [0.1, 0.15) is 17.6 Å². The zero-order chi connectivity index (χ0) is 23.8. The monoisotopic (exact) mass is 467 g/mol. The highest BCUT2D eigenvalue weighted by atomic mass is 32.2. The van der Waals surface area contributed by atoms with Crippen LogP contribution in [0.3, 0.4) is 0 Å². The summed E-state index contributed by atoms with van der Waals surface area (Å²) in [6, 6.07) is 7.50. The van der Waals surface area contributed by atoms with Crippen LogP contribution in [0.5, 0.6) is 0 Å². The van der Waals surface area contributed by atoms with E-state index in [0.29, 0.717) is 5.56 Å². The van der Waals surface area contributed by atoms with E-state index in [1.165, 1.54) is 32.7 Å². The smallest absolute Gasteiger partial charge is 0.329 e. The van der Waals surface area contributed by atoms with Crippen LogP contribution in [0.25, 0.3) is 0 Å². The second-order valence-electron chi connectivity index (χ2n) is 7.47. The van der Waals surface area contributed by atoms with Gasteiger partial charge in [0.05, 0.1) is 13.2 Å². The molecule has 176 valence electrons. The Hall–Kier alpha value is -2.59. The third-order valence-electron chi connectivity index (χ3n) is 5.06. The largest absolute Gasteiger partial charge is 0.467 e. The standard InChI is InChI=1S/C22H29NO8S/c1-12-13(2)29-22(19(31-15(4)25)18(12)30-14(3)24)32-11-17(21(27)28-5)23-20(26)16-9-7-6-8-10-16/h6-10,12-13,17-19,22H,11H2,1-5H3,(H,23,26)/t12-,13-,17-,18+,19+,22-/m0/s1. The Kier molecular flexibility index (Phi) is 9.52. The van der Waals surface area contributed by atoms with Crippen LogP contribution in [0, 0.1) is 5.92 Å². The number of esters is 3. The van der Waals surface area contributed by atoms with Gasteiger partial charge in [0.25, 0.3) is 5.91 Å². The Morgan fingerprint density at radius 3 is 2.19 bits per heavy atom. The molecule has 10 heteroatoms. The lowest BCUT2D eigenvalue weighted by Crippen LogP contribution is -2.55. The van der Waals surface area contributed by atoms with Crippen LogP contribution in [0.2, 0.25) is 0 Å². The van der Waals surface area contributed by atoms with E-state index < -0.39 is 47.5 Å². The maximum Gasteiger partial charge on any atom is 0.329 e. The second-order valence-corrected chi connectivity index (χ2v) is 8.60. The minimum atomic E-state index is -0.971. The van der Waals surface area contributed by atoms with Crippen molar-refractivity contribution in [3.05, 3.63) is 35.9 Å². The minimum Gasteiger partial charge on any atom is -0.467 e. The summed E-state index contributed by atoms with van der Waals surface area (Å²) in [5.74, 6) is -2.25. The number of thioether (sulfide) groups is 1. The third kappa shape index (κ3) is 6.96. The second kappa shape index (κ2) is 11.9. The van der Waals surface area contributed by atoms with Gasteiger partial charge >= 0.3 is 17.9 Å². The van der Waals surface area contributed by atoms with Crippen LogP contribution in [0.1, 0.15) is 38.1 Å². The highest BCUT2D eigenvalue weighted by molar-refractivity contribution is 7.99. The average Bonchev–Trinajstić information content (AvgIpc) is 2.76. The number of hydrogen-bond acceptors (Lipinski definition) is 9. The summed E-state index contributed by atoms with van der Waals surface area (Å²) in [5, 5.41) is 2.66. The van der Waals surface area contributed by atoms with E-state index in [1.807, 2.05) is 13.8 Å². The van der Waals surface area contributed by atoms with Gasteiger partial charge in [-0.3, -0.25) is 14.4 Å². The first-order valence-electron chi connectivity index (χ1n) is 10.2. The van der Waals surface area contributed by atoms with Crippen LogP contribution in [0.4, 0.5) is 0 Å². The van der Waals surface area contributed by atoms with E-state index >= 15 is 0 Å². The number of methoxy groups -OCH3 is 1. The number of carbonyl (C=O) groups is 4. The van der Waals surface area contributed by atoms with E-state index in [0.717, 1.165) is 0 Å². The molecule has 32 heavy (non-hydrogen) atoms. The zero-order valence-electron chi connectivity index (χ0n) is 18.7. The molecule has 0 aromatic heterocycles. The molecule has 1 aliphatic heterocycles. The van der Waals surface area contributed by atoms with Crippen LogP contribution in [-0.4, -0.2) is 66.5 Å². The molecule has 1 aromatic rings.